The average Bonchev–Trinajstić information content (AvgIpc) is 3.16. The van der Waals surface area contributed by atoms with Crippen LogP contribution in [-0.4, -0.2) is 12.6 Å². The van der Waals surface area contributed by atoms with Crippen molar-refractivity contribution in [2.24, 2.45) is 0 Å². The molecule has 4 nitrogen and oxygen atoms in total. The standard InChI is InChI=1S/C23H24FNO3/c1-4-27-23(26)20-13-18(9-11-21(20)24)22-12-10-19(28-22)14-25-16(3)17-7-5-15(2)6-8-17/h5-13,16,25H,4,14H2,1-3H3/t16-/m1/s1. The molecule has 0 unspecified atom stereocenters. The second-order valence-corrected chi connectivity index (χ2v) is 6.69. The number of carbonyl (C=O) groups excluding carboxylic acids is 1. The monoisotopic (exact) mass is 381 g/mol. The first kappa shape index (κ1) is 19.8. The highest BCUT2D eigenvalue weighted by Crippen LogP contribution is 2.25. The zero-order chi connectivity index (χ0) is 20.1. The number of furan rings is 1. The molecule has 1 N–H and O–H groups in total. The molecule has 3 aromatic rings. The summed E-state index contributed by atoms with van der Waals surface area (Å²) < 4.78 is 24.7. The van der Waals surface area contributed by atoms with Gasteiger partial charge in [0, 0.05) is 11.6 Å². The number of halogens is 1. The van der Waals surface area contributed by atoms with E-state index in [0.29, 0.717) is 17.9 Å². The van der Waals surface area contributed by atoms with E-state index in [1.54, 1.807) is 13.0 Å². The molecule has 0 spiro atoms. The van der Waals surface area contributed by atoms with Gasteiger partial charge in [0.1, 0.15) is 17.3 Å². The predicted octanol–water partition coefficient (Wildman–Crippen LogP) is 5.42. The molecule has 0 saturated heterocycles. The predicted molar refractivity (Wildman–Crippen MR) is 106 cm³/mol. The van der Waals surface area contributed by atoms with Gasteiger partial charge in [-0.2, -0.15) is 0 Å². The molecular weight excluding hydrogens is 357 g/mol. The lowest BCUT2D eigenvalue weighted by Crippen LogP contribution is -2.17. The van der Waals surface area contributed by atoms with E-state index in [1.807, 2.05) is 12.1 Å². The van der Waals surface area contributed by atoms with Crippen LogP contribution in [-0.2, 0) is 11.3 Å². The van der Waals surface area contributed by atoms with Crippen LogP contribution >= 0.6 is 0 Å². The van der Waals surface area contributed by atoms with Crippen LogP contribution in [0.1, 0.15) is 47.1 Å². The van der Waals surface area contributed by atoms with Crippen LogP contribution in [0.15, 0.2) is 59.0 Å². The summed E-state index contributed by atoms with van der Waals surface area (Å²) in [5, 5.41) is 3.43. The van der Waals surface area contributed by atoms with Crippen LogP contribution < -0.4 is 5.32 Å². The third kappa shape index (κ3) is 4.67. The van der Waals surface area contributed by atoms with Crippen molar-refractivity contribution in [3.8, 4) is 11.3 Å². The molecule has 146 valence electrons. The molecule has 0 saturated carbocycles. The Bertz CT molecular complexity index is 947. The zero-order valence-electron chi connectivity index (χ0n) is 16.3. The maximum Gasteiger partial charge on any atom is 0.341 e. The van der Waals surface area contributed by atoms with Gasteiger partial charge in [-0.05, 0) is 56.7 Å². The van der Waals surface area contributed by atoms with Crippen LogP contribution in [0.4, 0.5) is 4.39 Å². The largest absolute Gasteiger partial charge is 0.462 e. The number of nitrogens with one attached hydrogen (secondary N) is 1. The normalized spacial score (nSPS) is 12.0. The second-order valence-electron chi connectivity index (χ2n) is 6.69. The van der Waals surface area contributed by atoms with Crippen LogP contribution in [0.5, 0.6) is 0 Å². The van der Waals surface area contributed by atoms with E-state index in [4.69, 9.17) is 9.15 Å². The molecule has 3 rings (SSSR count). The number of hydrogen-bond acceptors (Lipinski definition) is 4. The van der Waals surface area contributed by atoms with Crippen molar-refractivity contribution in [3.63, 3.8) is 0 Å². The molecule has 2 aromatic carbocycles. The van der Waals surface area contributed by atoms with Gasteiger partial charge in [0.05, 0.1) is 18.7 Å². The minimum Gasteiger partial charge on any atom is -0.462 e. The van der Waals surface area contributed by atoms with Crippen molar-refractivity contribution in [3.05, 3.63) is 82.9 Å². The minimum atomic E-state index is -0.679. The van der Waals surface area contributed by atoms with E-state index in [9.17, 15) is 9.18 Å². The molecule has 5 heteroatoms. The summed E-state index contributed by atoms with van der Waals surface area (Å²) in [6.07, 6.45) is 0. The number of hydrogen-bond donors (Lipinski definition) is 1. The highest BCUT2D eigenvalue weighted by Gasteiger charge is 2.16. The van der Waals surface area contributed by atoms with Gasteiger partial charge in [-0.15, -0.1) is 0 Å². The molecule has 1 heterocycles. The Morgan fingerprint density at radius 2 is 1.89 bits per heavy atom. The van der Waals surface area contributed by atoms with E-state index in [1.165, 1.54) is 23.3 Å². The summed E-state index contributed by atoms with van der Waals surface area (Å²) >= 11 is 0. The highest BCUT2D eigenvalue weighted by atomic mass is 19.1. The van der Waals surface area contributed by atoms with Gasteiger partial charge in [-0.25, -0.2) is 9.18 Å². The summed E-state index contributed by atoms with van der Waals surface area (Å²) in [6, 6.07) is 16.6. The van der Waals surface area contributed by atoms with Crippen LogP contribution in [0.2, 0.25) is 0 Å². The van der Waals surface area contributed by atoms with Gasteiger partial charge in [0.2, 0.25) is 0 Å². The Morgan fingerprint density at radius 1 is 1.14 bits per heavy atom. The highest BCUT2D eigenvalue weighted by molar-refractivity contribution is 5.91. The van der Waals surface area contributed by atoms with Crippen molar-refractivity contribution in [1.29, 1.82) is 0 Å². The molecule has 1 aromatic heterocycles. The lowest BCUT2D eigenvalue weighted by atomic mass is 10.1. The molecule has 0 aliphatic carbocycles. The SMILES string of the molecule is CCOC(=O)c1cc(-c2ccc(CN[C@H](C)c3ccc(C)cc3)o2)ccc1F. The molecular formula is C23H24FNO3. The molecule has 1 atom stereocenters. The summed E-state index contributed by atoms with van der Waals surface area (Å²) in [5.41, 5.74) is 2.97. The molecule has 0 bridgehead atoms. The van der Waals surface area contributed by atoms with Crippen molar-refractivity contribution in [2.75, 3.05) is 6.61 Å². The first-order chi connectivity index (χ1) is 13.5. The first-order valence-corrected chi connectivity index (χ1v) is 9.33. The topological polar surface area (TPSA) is 51.5 Å². The number of rotatable bonds is 7. The fraction of sp³-hybridized carbons (Fsp3) is 0.261. The number of carbonyl (C=O) groups is 1. The van der Waals surface area contributed by atoms with Crippen LogP contribution in [0, 0.1) is 12.7 Å². The van der Waals surface area contributed by atoms with E-state index in [0.717, 1.165) is 5.76 Å². The summed E-state index contributed by atoms with van der Waals surface area (Å²) in [4.78, 5) is 11.9. The minimum absolute atomic E-state index is 0.0941. The molecule has 0 fully saturated rings. The quantitative estimate of drug-likeness (QED) is 0.555. The van der Waals surface area contributed by atoms with E-state index in [2.05, 4.69) is 43.4 Å². The maximum absolute atomic E-state index is 13.9. The Morgan fingerprint density at radius 3 is 2.61 bits per heavy atom. The second kappa shape index (κ2) is 8.85. The molecule has 0 aliphatic heterocycles. The average molecular weight is 381 g/mol. The van der Waals surface area contributed by atoms with Crippen LogP contribution in [0.3, 0.4) is 0 Å². The summed E-state index contributed by atoms with van der Waals surface area (Å²) in [6.45, 7) is 6.59. The van der Waals surface area contributed by atoms with E-state index < -0.39 is 11.8 Å². The fourth-order valence-electron chi connectivity index (χ4n) is 2.90. The van der Waals surface area contributed by atoms with Gasteiger partial charge in [-0.1, -0.05) is 29.8 Å². The van der Waals surface area contributed by atoms with Gasteiger partial charge in [-0.3, -0.25) is 0 Å². The Hall–Kier alpha value is -2.92. The third-order valence-electron chi connectivity index (χ3n) is 4.57. The Kier molecular flexibility index (Phi) is 6.26. The summed E-state index contributed by atoms with van der Waals surface area (Å²) in [7, 11) is 0. The smallest absolute Gasteiger partial charge is 0.341 e. The first-order valence-electron chi connectivity index (χ1n) is 9.33. The van der Waals surface area contributed by atoms with Crippen molar-refractivity contribution in [1.82, 2.24) is 5.32 Å². The molecule has 0 aliphatic rings. The maximum atomic E-state index is 13.9. The van der Waals surface area contributed by atoms with Gasteiger partial charge in [0.25, 0.3) is 0 Å². The lowest BCUT2D eigenvalue weighted by Gasteiger charge is -2.13. The number of esters is 1. The number of ether oxygens (including phenoxy) is 1. The number of benzene rings is 2. The molecule has 0 amide bonds. The summed E-state index contributed by atoms with van der Waals surface area (Å²) in [5.74, 6) is 0.0473. The zero-order valence-corrected chi connectivity index (χ0v) is 16.3. The van der Waals surface area contributed by atoms with E-state index in [-0.39, 0.29) is 18.2 Å². The lowest BCUT2D eigenvalue weighted by molar-refractivity contribution is 0.0521. The third-order valence-corrected chi connectivity index (χ3v) is 4.57. The fourth-order valence-corrected chi connectivity index (χ4v) is 2.90. The van der Waals surface area contributed by atoms with Crippen molar-refractivity contribution in [2.45, 2.75) is 33.4 Å². The molecule has 0 radical (unpaired) electrons. The van der Waals surface area contributed by atoms with Crippen molar-refractivity contribution < 1.29 is 18.3 Å². The van der Waals surface area contributed by atoms with Crippen molar-refractivity contribution >= 4 is 5.97 Å². The Balaban J connectivity index is 1.69. The molecule has 28 heavy (non-hydrogen) atoms. The van der Waals surface area contributed by atoms with Gasteiger partial charge in [0.15, 0.2) is 0 Å². The Labute approximate surface area is 164 Å². The van der Waals surface area contributed by atoms with Gasteiger partial charge >= 0.3 is 5.97 Å². The van der Waals surface area contributed by atoms with Gasteiger partial charge < -0.3 is 14.5 Å². The van der Waals surface area contributed by atoms with Crippen LogP contribution in [0.25, 0.3) is 11.3 Å². The number of aryl methyl sites for hydroxylation is 1. The van der Waals surface area contributed by atoms with E-state index >= 15 is 0 Å².